The summed E-state index contributed by atoms with van der Waals surface area (Å²) in [6, 6.07) is 0. The fourth-order valence-electron chi connectivity index (χ4n) is 0. The van der Waals surface area contributed by atoms with Crippen molar-refractivity contribution in [3.8, 4) is 0 Å². The number of rotatable bonds is 0. The molecule has 0 atom stereocenters. The second-order valence-electron chi connectivity index (χ2n) is 0.491. The van der Waals surface area contributed by atoms with Crippen molar-refractivity contribution in [1.82, 2.24) is 0 Å². The van der Waals surface area contributed by atoms with Crippen molar-refractivity contribution in [2.24, 2.45) is 0 Å². The molecule has 0 amide bonds. The second-order valence-corrected chi connectivity index (χ2v) is 1.47. The van der Waals surface area contributed by atoms with Gasteiger partial charge in [-0.15, -0.1) is 0 Å². The Labute approximate surface area is 109 Å². The molecule has 0 aliphatic heterocycles. The van der Waals surface area contributed by atoms with E-state index in [9.17, 15) is 0 Å². The van der Waals surface area contributed by atoms with Gasteiger partial charge in [-0.1, -0.05) is 0 Å². The summed E-state index contributed by atoms with van der Waals surface area (Å²) in [6.07, 6.45) is 0. The molecule has 0 fully saturated rings. The van der Waals surface area contributed by atoms with Crippen molar-refractivity contribution in [2.75, 3.05) is 0 Å². The zero-order valence-corrected chi connectivity index (χ0v) is 10.4. The van der Waals surface area contributed by atoms with Crippen LogP contribution in [-0.2, 0) is 0 Å². The Balaban J connectivity index is -0.00000000800. The first-order chi connectivity index (χ1) is 3.46. The van der Waals surface area contributed by atoms with Gasteiger partial charge in [0.2, 0.25) is 0 Å². The molecule has 11 heteroatoms. The molecule has 0 saturated heterocycles. The van der Waals surface area contributed by atoms with Gasteiger partial charge in [0.05, 0.1) is 8.60 Å². The fraction of sp³-hybridized carbons (Fsp3) is 0. The van der Waals surface area contributed by atoms with Gasteiger partial charge in [-0.05, 0) is 0 Å². The number of hydrogen-bond donors (Lipinski definition) is 3. The Kier molecular flexibility index (Phi) is 60.6. The molecule has 0 aliphatic rings. The Morgan fingerprint density at radius 1 is 1.00 bits per heavy atom. The summed E-state index contributed by atoms with van der Waals surface area (Å²) in [5.74, 6) is 0. The van der Waals surface area contributed by atoms with Crippen LogP contribution < -0.4 is 14.7 Å². The normalized spacial score (nSPS) is 6.55. The van der Waals surface area contributed by atoms with E-state index < -0.39 is 17.2 Å². The van der Waals surface area contributed by atoms with E-state index in [1.54, 1.807) is 0 Å². The van der Waals surface area contributed by atoms with Crippen LogP contribution in [0.5, 0.6) is 0 Å². The molecule has 5 N–H and O–H groups in total. The van der Waals surface area contributed by atoms with E-state index in [1.165, 1.54) is 0 Å². The van der Waals surface area contributed by atoms with Crippen LogP contribution in [0.4, 0.5) is 0 Å². The predicted octanol–water partition coefficient (Wildman–Crippen LogP) is -4.88. The number of hydrogen-bond acceptors (Lipinski definition) is 6. The van der Waals surface area contributed by atoms with Gasteiger partial charge < -0.3 is 37.7 Å². The van der Waals surface area contributed by atoms with E-state index in [1.807, 2.05) is 0 Å². The fourth-order valence-corrected chi connectivity index (χ4v) is 0. The topological polar surface area (TPSA) is 161 Å². The van der Waals surface area contributed by atoms with Gasteiger partial charge in [0.25, 0.3) is 0 Å². The second kappa shape index (κ2) is 22.8. The van der Waals surface area contributed by atoms with Crippen LogP contribution >= 0.6 is 17.2 Å². The monoisotopic (exact) mass is 248 g/mol. The summed E-state index contributed by atoms with van der Waals surface area (Å²) in [6.45, 7) is 0. The molecule has 0 saturated carbocycles. The van der Waals surface area contributed by atoms with Gasteiger partial charge in [-0.3, -0.25) is 0 Å². The third-order valence-electron chi connectivity index (χ3n) is 0. The molecule has 0 spiro atoms. The summed E-state index contributed by atoms with van der Waals surface area (Å²) in [5.41, 5.74) is 0. The molecule has 0 aromatic rings. The Morgan fingerprint density at radius 2 is 1.00 bits per heavy atom. The van der Waals surface area contributed by atoms with E-state index in [0.717, 1.165) is 0 Å². The minimum atomic E-state index is -3.12. The molecule has 11 heavy (non-hydrogen) atoms. The molecule has 0 bridgehead atoms. The average Bonchev–Trinajstić information content (AvgIpc) is 1.25. The molecular weight excluding hydrogens is 241 g/mol. The van der Waals surface area contributed by atoms with Crippen LogP contribution in [0.3, 0.4) is 0 Å². The maximum atomic E-state index is 8.70. The zero-order valence-electron chi connectivity index (χ0n) is 7.25. The van der Waals surface area contributed by atoms with E-state index in [0.29, 0.717) is 0 Å². The van der Waals surface area contributed by atoms with Gasteiger partial charge in [-0.2, -0.15) is 8.60 Å². The largest absolute Gasteiger partial charge is 3.00 e. The molecule has 64 valence electrons. The maximum absolute atomic E-state index is 8.70. The van der Waals surface area contributed by atoms with Gasteiger partial charge in [0, 0.05) is 0 Å². The molecule has 0 aromatic heterocycles. The van der Waals surface area contributed by atoms with Crippen molar-refractivity contribution >= 4 is 72.3 Å². The van der Waals surface area contributed by atoms with Gasteiger partial charge in [-0.25, -0.2) is 0 Å². The molecular formula is H7AlCaO7P2. The first-order valence-corrected chi connectivity index (χ1v) is 3.44. The van der Waals surface area contributed by atoms with Gasteiger partial charge in [0.15, 0.2) is 0 Å². The molecule has 7 nitrogen and oxygen atoms in total. The minimum absolute atomic E-state index is 0. The van der Waals surface area contributed by atoms with Crippen LogP contribution in [0.25, 0.3) is 0 Å². The quantitative estimate of drug-likeness (QED) is 0.287. The summed E-state index contributed by atoms with van der Waals surface area (Å²) < 4.78 is 0. The third-order valence-corrected chi connectivity index (χ3v) is 0. The molecule has 0 radical (unpaired) electrons. The molecule has 0 aliphatic carbocycles. The molecule has 0 unspecified atom stereocenters. The molecule has 0 rings (SSSR count). The summed E-state index contributed by atoms with van der Waals surface area (Å²) in [7, 11) is -5.99. The van der Waals surface area contributed by atoms with E-state index >= 15 is 0 Å². The van der Waals surface area contributed by atoms with Gasteiger partial charge >= 0.3 is 55.1 Å². The molecule has 0 heterocycles. The van der Waals surface area contributed by atoms with Crippen LogP contribution in [0.1, 0.15) is 2.85 Å². The SMILES string of the molecule is O.[Al+3].[Ca+2].[H-].[H-].[O-]P(O)O.[O-]P([O-])O. The summed E-state index contributed by atoms with van der Waals surface area (Å²) >= 11 is 0. The minimum Gasteiger partial charge on any atom is -1.00 e. The average molecular weight is 248 g/mol. The van der Waals surface area contributed by atoms with Gasteiger partial charge in [0.1, 0.15) is 0 Å². The molecule has 0 aromatic carbocycles. The van der Waals surface area contributed by atoms with Crippen molar-refractivity contribution < 1.29 is 37.7 Å². The van der Waals surface area contributed by atoms with E-state index in [4.69, 9.17) is 29.4 Å². The van der Waals surface area contributed by atoms with E-state index in [-0.39, 0.29) is 63.4 Å². The standard InChI is InChI=1S/Al.Ca.H2O3P.HO3P.H2O.2H/c;;2*1-4(2)3;;;/h;;1-2H;1H;1H2;;/q+3;+2;-1;-2;;2*-1. The van der Waals surface area contributed by atoms with Crippen LogP contribution in [-0.4, -0.2) is 75.3 Å². The first kappa shape index (κ1) is 29.2. The van der Waals surface area contributed by atoms with Crippen molar-refractivity contribution in [2.45, 2.75) is 0 Å². The van der Waals surface area contributed by atoms with Crippen LogP contribution in [0.2, 0.25) is 0 Å². The summed E-state index contributed by atoms with van der Waals surface area (Å²) in [5, 5.41) is 0. The zero-order chi connectivity index (χ0) is 7.15. The Bertz CT molecular complexity index is 40.0. The van der Waals surface area contributed by atoms with Crippen LogP contribution in [0.15, 0.2) is 0 Å². The Morgan fingerprint density at radius 3 is 1.00 bits per heavy atom. The maximum Gasteiger partial charge on any atom is 3.00 e. The predicted molar refractivity (Wildman–Crippen MR) is 37.8 cm³/mol. The van der Waals surface area contributed by atoms with Crippen molar-refractivity contribution in [1.29, 1.82) is 0 Å². The third kappa shape index (κ3) is 237. The van der Waals surface area contributed by atoms with Crippen molar-refractivity contribution in [3.63, 3.8) is 0 Å². The van der Waals surface area contributed by atoms with Crippen molar-refractivity contribution in [3.05, 3.63) is 0 Å². The Hall–Kier alpha value is 2.37. The van der Waals surface area contributed by atoms with E-state index in [2.05, 4.69) is 0 Å². The van der Waals surface area contributed by atoms with Crippen LogP contribution in [0, 0.1) is 0 Å². The first-order valence-electron chi connectivity index (χ1n) is 1.15. The smallest absolute Gasteiger partial charge is 1.00 e. The summed E-state index contributed by atoms with van der Waals surface area (Å²) in [4.78, 5) is 47.1.